The van der Waals surface area contributed by atoms with Crippen molar-refractivity contribution >= 4 is 23.2 Å². The number of nitrogens with one attached hydrogen (secondary N) is 1. The first-order valence-electron chi connectivity index (χ1n) is 10.3. The van der Waals surface area contributed by atoms with Crippen LogP contribution in [-0.2, 0) is 6.18 Å². The largest absolute Gasteiger partial charge is 0.418 e. The fraction of sp³-hybridized carbons (Fsp3) is 0.667. The number of benzene rings is 1. The number of rotatable bonds is 3. The smallest absolute Gasteiger partial charge is 0.327 e. The molecule has 1 aromatic heterocycles. The van der Waals surface area contributed by atoms with E-state index >= 15 is 0 Å². The average molecular weight is 391 g/mol. The van der Waals surface area contributed by atoms with Crippen LogP contribution in [0.4, 0.5) is 13.2 Å². The topological polar surface area (TPSA) is 29.9 Å². The van der Waals surface area contributed by atoms with E-state index in [9.17, 15) is 13.2 Å². The molecule has 0 radical (unpaired) electrons. The molecule has 7 heteroatoms. The Labute approximate surface area is 165 Å². The Hall–Kier alpha value is -1.50. The molecule has 2 heterocycles. The molecule has 1 saturated heterocycles. The highest BCUT2D eigenvalue weighted by molar-refractivity contribution is 6.73. The van der Waals surface area contributed by atoms with Gasteiger partial charge in [0.05, 0.1) is 22.9 Å². The van der Waals surface area contributed by atoms with Gasteiger partial charge in [0.15, 0.2) is 6.71 Å². The summed E-state index contributed by atoms with van der Waals surface area (Å²) < 4.78 is 43.7. The van der Waals surface area contributed by atoms with Crippen molar-refractivity contribution in [2.45, 2.75) is 76.9 Å². The maximum atomic E-state index is 14.0. The second kappa shape index (κ2) is 6.51. The number of imidazole rings is 1. The van der Waals surface area contributed by atoms with Gasteiger partial charge in [-0.15, -0.1) is 0 Å². The lowest BCUT2D eigenvalue weighted by molar-refractivity contribution is -0.136. The number of aromatic nitrogens is 2. The van der Waals surface area contributed by atoms with E-state index < -0.39 is 11.7 Å². The molecule has 28 heavy (non-hydrogen) atoms. The molecule has 152 valence electrons. The molecule has 2 fully saturated rings. The minimum atomic E-state index is -4.38. The average Bonchev–Trinajstić information content (AvgIpc) is 3.00. The third kappa shape index (κ3) is 3.47. The quantitative estimate of drug-likeness (QED) is 0.756. The maximum absolute atomic E-state index is 14.0. The van der Waals surface area contributed by atoms with Gasteiger partial charge in [0.2, 0.25) is 0 Å². The number of hydrogen-bond donors (Lipinski definition) is 1. The van der Waals surface area contributed by atoms with E-state index in [4.69, 9.17) is 0 Å². The van der Waals surface area contributed by atoms with Gasteiger partial charge in [-0.25, -0.2) is 4.98 Å². The summed E-state index contributed by atoms with van der Waals surface area (Å²) in [5.74, 6) is 0. The predicted octanol–water partition coefficient (Wildman–Crippen LogP) is 4.89. The molecule has 0 atom stereocenters. The van der Waals surface area contributed by atoms with Crippen LogP contribution in [0.5, 0.6) is 0 Å². The Morgan fingerprint density at radius 3 is 2.36 bits per heavy atom. The highest BCUT2D eigenvalue weighted by atomic mass is 19.4. The van der Waals surface area contributed by atoms with Crippen LogP contribution < -0.4 is 10.8 Å². The number of alkyl halides is 3. The summed E-state index contributed by atoms with van der Waals surface area (Å²) in [6.07, 6.45) is 2.84. The number of fused-ring (bicyclic) bond motifs is 1. The van der Waals surface area contributed by atoms with Crippen LogP contribution in [0.3, 0.4) is 0 Å². The summed E-state index contributed by atoms with van der Waals surface area (Å²) in [6.45, 7) is 6.79. The maximum Gasteiger partial charge on any atom is 0.418 e. The van der Waals surface area contributed by atoms with Gasteiger partial charge >= 0.3 is 6.18 Å². The summed E-state index contributed by atoms with van der Waals surface area (Å²) in [5, 5.41) is 3.27. The van der Waals surface area contributed by atoms with Gasteiger partial charge in [-0.2, -0.15) is 13.2 Å². The Morgan fingerprint density at radius 1 is 1.14 bits per heavy atom. The zero-order valence-corrected chi connectivity index (χ0v) is 17.2. The van der Waals surface area contributed by atoms with E-state index in [2.05, 4.69) is 31.1 Å². The first kappa shape index (κ1) is 19.8. The highest BCUT2D eigenvalue weighted by Crippen LogP contribution is 2.44. The lowest BCUT2D eigenvalue weighted by Gasteiger charge is -2.46. The monoisotopic (exact) mass is 391 g/mol. The van der Waals surface area contributed by atoms with Crippen LogP contribution in [-0.4, -0.2) is 28.9 Å². The molecular weight excluding hydrogens is 362 g/mol. The third-order valence-electron chi connectivity index (χ3n) is 7.18. The van der Waals surface area contributed by atoms with Crippen molar-refractivity contribution in [2.24, 2.45) is 5.41 Å². The third-order valence-corrected chi connectivity index (χ3v) is 7.18. The standard InChI is InChI=1S/C21H29BF3N3/c1-19(2)5-7-22(8-6-19)14-9-16(21(23,24)25)18-17(10-14)27-13-28(18)15-11-20(3,12-15)26-4/h9-10,13,15,26H,5-8,11-12H2,1-4H3. The lowest BCUT2D eigenvalue weighted by atomic mass is 9.35. The van der Waals surface area contributed by atoms with E-state index in [-0.39, 0.29) is 23.8 Å². The van der Waals surface area contributed by atoms with Crippen LogP contribution in [0.15, 0.2) is 18.5 Å². The van der Waals surface area contributed by atoms with Crippen molar-refractivity contribution < 1.29 is 13.2 Å². The molecule has 0 spiro atoms. The zero-order chi connectivity index (χ0) is 20.3. The Kier molecular flexibility index (Phi) is 4.60. The molecule has 1 aliphatic heterocycles. The highest BCUT2D eigenvalue weighted by Gasteiger charge is 2.43. The summed E-state index contributed by atoms with van der Waals surface area (Å²) in [7, 11) is 1.90. The fourth-order valence-corrected chi connectivity index (χ4v) is 5.04. The molecule has 0 bridgehead atoms. The molecule has 4 rings (SSSR count). The van der Waals surface area contributed by atoms with Crippen molar-refractivity contribution in [1.29, 1.82) is 0 Å². The molecule has 1 saturated carbocycles. The number of hydrogen-bond acceptors (Lipinski definition) is 2. The van der Waals surface area contributed by atoms with Gasteiger partial charge in [0.1, 0.15) is 0 Å². The number of nitrogens with zero attached hydrogens (tertiary/aromatic N) is 2. The molecule has 0 amide bonds. The van der Waals surface area contributed by atoms with E-state index in [0.717, 1.165) is 43.8 Å². The first-order chi connectivity index (χ1) is 13.0. The van der Waals surface area contributed by atoms with Crippen LogP contribution in [0.25, 0.3) is 11.0 Å². The van der Waals surface area contributed by atoms with E-state index in [1.54, 1.807) is 10.9 Å². The van der Waals surface area contributed by atoms with E-state index in [1.807, 2.05) is 13.1 Å². The molecular formula is C21H29BF3N3. The first-order valence-corrected chi connectivity index (χ1v) is 10.3. The van der Waals surface area contributed by atoms with Crippen molar-refractivity contribution in [3.8, 4) is 0 Å². The molecule has 0 unspecified atom stereocenters. The van der Waals surface area contributed by atoms with Crippen molar-refractivity contribution in [2.75, 3.05) is 7.05 Å². The Morgan fingerprint density at radius 2 is 1.79 bits per heavy atom. The normalized spacial score (nSPS) is 27.8. The summed E-state index contributed by atoms with van der Waals surface area (Å²) >= 11 is 0. The molecule has 3 nitrogen and oxygen atoms in total. The van der Waals surface area contributed by atoms with Crippen molar-refractivity contribution in [1.82, 2.24) is 14.9 Å². The van der Waals surface area contributed by atoms with Gasteiger partial charge in [0.25, 0.3) is 0 Å². The minimum absolute atomic E-state index is 0.00546. The van der Waals surface area contributed by atoms with Gasteiger partial charge in [-0.3, -0.25) is 0 Å². The van der Waals surface area contributed by atoms with Gasteiger partial charge in [-0.1, -0.05) is 50.9 Å². The van der Waals surface area contributed by atoms with Crippen LogP contribution in [0, 0.1) is 5.41 Å². The molecule has 1 aromatic carbocycles. The van der Waals surface area contributed by atoms with E-state index in [1.165, 1.54) is 6.07 Å². The molecule has 1 aliphatic carbocycles. The fourth-order valence-electron chi connectivity index (χ4n) is 5.04. The molecule has 2 aromatic rings. The molecule has 1 N–H and O–H groups in total. The van der Waals surface area contributed by atoms with E-state index in [0.29, 0.717) is 10.9 Å². The Balaban J connectivity index is 1.72. The summed E-state index contributed by atoms with van der Waals surface area (Å²) in [4.78, 5) is 4.40. The second-order valence-corrected chi connectivity index (χ2v) is 9.90. The zero-order valence-electron chi connectivity index (χ0n) is 17.2. The Bertz CT molecular complexity index is 871. The number of halogens is 3. The van der Waals surface area contributed by atoms with Crippen molar-refractivity contribution in [3.05, 3.63) is 24.0 Å². The predicted molar refractivity (Wildman–Crippen MR) is 108 cm³/mol. The summed E-state index contributed by atoms with van der Waals surface area (Å²) in [6, 6.07) is 3.37. The lowest BCUT2D eigenvalue weighted by Crippen LogP contribution is -2.51. The summed E-state index contributed by atoms with van der Waals surface area (Å²) in [5.41, 5.74) is 1.28. The van der Waals surface area contributed by atoms with Gasteiger partial charge in [0, 0.05) is 11.6 Å². The van der Waals surface area contributed by atoms with Gasteiger partial charge in [-0.05, 0) is 38.3 Å². The molecule has 2 aliphatic rings. The van der Waals surface area contributed by atoms with Crippen LogP contribution in [0.2, 0.25) is 12.6 Å². The van der Waals surface area contributed by atoms with Crippen LogP contribution in [0.1, 0.15) is 58.1 Å². The second-order valence-electron chi connectivity index (χ2n) is 9.90. The SMILES string of the molecule is CNC1(C)CC(n2cnc3cc(B4CCC(C)(C)CC4)cc(C(F)(F)F)c32)C1. The van der Waals surface area contributed by atoms with Crippen LogP contribution >= 0.6 is 0 Å². The minimum Gasteiger partial charge on any atom is -0.327 e. The van der Waals surface area contributed by atoms with Gasteiger partial charge < -0.3 is 9.88 Å². The van der Waals surface area contributed by atoms with Crippen molar-refractivity contribution in [3.63, 3.8) is 0 Å².